The van der Waals surface area contributed by atoms with Crippen LogP contribution in [-0.4, -0.2) is 10.9 Å². The third-order valence-electron chi connectivity index (χ3n) is 2.25. The molecule has 0 fully saturated rings. The van der Waals surface area contributed by atoms with Crippen LogP contribution in [-0.2, 0) is 0 Å². The van der Waals surface area contributed by atoms with Gasteiger partial charge in [-0.2, -0.15) is 0 Å². The van der Waals surface area contributed by atoms with E-state index in [4.69, 9.17) is 17.3 Å². The van der Waals surface area contributed by atoms with Gasteiger partial charge in [0.25, 0.3) is 5.91 Å². The lowest BCUT2D eigenvalue weighted by atomic mass is 10.2. The van der Waals surface area contributed by atoms with E-state index >= 15 is 0 Å². The number of carbonyl (C=O) groups excluding carboxylic acids is 1. The van der Waals surface area contributed by atoms with Crippen LogP contribution in [0.25, 0.3) is 0 Å². The van der Waals surface area contributed by atoms with E-state index < -0.39 is 17.5 Å². The number of nitrogens with one attached hydrogen (secondary N) is 1. The molecule has 2 aromatic rings. The molecule has 7 heteroatoms. The zero-order valence-corrected chi connectivity index (χ0v) is 10.2. The van der Waals surface area contributed by atoms with Crippen molar-refractivity contribution in [2.24, 2.45) is 0 Å². The van der Waals surface area contributed by atoms with Crippen LogP contribution in [0.3, 0.4) is 0 Å². The first kappa shape index (κ1) is 13.2. The maximum Gasteiger partial charge on any atom is 0.274 e. The number of nitrogen functional groups attached to an aromatic ring is 1. The fourth-order valence-electron chi connectivity index (χ4n) is 1.42. The second-order valence-electron chi connectivity index (χ2n) is 3.65. The topological polar surface area (TPSA) is 68.0 Å². The first-order valence-corrected chi connectivity index (χ1v) is 5.53. The lowest BCUT2D eigenvalue weighted by Crippen LogP contribution is -2.15. The van der Waals surface area contributed by atoms with Gasteiger partial charge in [-0.25, -0.2) is 13.8 Å². The number of amides is 1. The van der Waals surface area contributed by atoms with Crippen molar-refractivity contribution in [1.29, 1.82) is 0 Å². The average molecular weight is 284 g/mol. The minimum absolute atomic E-state index is 0.000193. The highest BCUT2D eigenvalue weighted by Crippen LogP contribution is 2.26. The Hall–Kier alpha value is -2.21. The first-order valence-electron chi connectivity index (χ1n) is 5.16. The molecule has 4 nitrogen and oxygen atoms in total. The summed E-state index contributed by atoms with van der Waals surface area (Å²) < 4.78 is 26.3. The average Bonchev–Trinajstić information content (AvgIpc) is 2.33. The number of rotatable bonds is 2. The Morgan fingerprint density at radius 1 is 1.32 bits per heavy atom. The van der Waals surface area contributed by atoms with Gasteiger partial charge >= 0.3 is 0 Å². The van der Waals surface area contributed by atoms with Gasteiger partial charge in [-0.05, 0) is 18.2 Å². The molecule has 0 aliphatic carbocycles. The number of nitrogens with zero attached hydrogens (tertiary/aromatic N) is 1. The minimum Gasteiger partial charge on any atom is -0.384 e. The Labute approximate surface area is 112 Å². The Balaban J connectivity index is 2.29. The standard InChI is InChI=1S/C12H8ClF2N3O/c13-7-4-6(14)5-8(15)11(7)18-12(19)9-2-1-3-10(16)17-9/h1-5H,(H2,16,17)(H,18,19). The van der Waals surface area contributed by atoms with Crippen LogP contribution in [0.2, 0.25) is 5.02 Å². The highest BCUT2D eigenvalue weighted by molar-refractivity contribution is 6.33. The summed E-state index contributed by atoms with van der Waals surface area (Å²) in [5.74, 6) is -2.34. The fraction of sp³-hybridized carbons (Fsp3) is 0. The predicted molar refractivity (Wildman–Crippen MR) is 68.0 cm³/mol. The van der Waals surface area contributed by atoms with Gasteiger partial charge in [0.15, 0.2) is 5.82 Å². The van der Waals surface area contributed by atoms with Gasteiger partial charge in [0.05, 0.1) is 10.7 Å². The van der Waals surface area contributed by atoms with Crippen molar-refractivity contribution < 1.29 is 13.6 Å². The third kappa shape index (κ3) is 2.97. The molecule has 98 valence electrons. The van der Waals surface area contributed by atoms with Crippen molar-refractivity contribution in [3.05, 3.63) is 52.7 Å². The van der Waals surface area contributed by atoms with Crippen LogP contribution in [0.5, 0.6) is 0 Å². The van der Waals surface area contributed by atoms with Gasteiger partial charge in [0.2, 0.25) is 0 Å². The second kappa shape index (κ2) is 5.19. The third-order valence-corrected chi connectivity index (χ3v) is 2.55. The maximum atomic E-state index is 13.5. The molecule has 0 aliphatic heterocycles. The monoisotopic (exact) mass is 283 g/mol. The molecule has 2 rings (SSSR count). The summed E-state index contributed by atoms with van der Waals surface area (Å²) >= 11 is 5.66. The van der Waals surface area contributed by atoms with Gasteiger partial charge in [0.1, 0.15) is 17.3 Å². The van der Waals surface area contributed by atoms with Crippen LogP contribution in [0.4, 0.5) is 20.3 Å². The number of carbonyl (C=O) groups is 1. The van der Waals surface area contributed by atoms with Gasteiger partial charge < -0.3 is 11.1 Å². The summed E-state index contributed by atoms with van der Waals surface area (Å²) in [7, 11) is 0. The summed E-state index contributed by atoms with van der Waals surface area (Å²) in [6.07, 6.45) is 0. The summed E-state index contributed by atoms with van der Waals surface area (Å²) in [4.78, 5) is 15.6. The van der Waals surface area contributed by atoms with E-state index in [1.807, 2.05) is 0 Å². The molecule has 1 heterocycles. The zero-order chi connectivity index (χ0) is 14.0. The van der Waals surface area contributed by atoms with Crippen LogP contribution in [0, 0.1) is 11.6 Å². The zero-order valence-electron chi connectivity index (χ0n) is 9.45. The Kier molecular flexibility index (Phi) is 3.62. The van der Waals surface area contributed by atoms with E-state index in [-0.39, 0.29) is 22.2 Å². The van der Waals surface area contributed by atoms with E-state index in [0.717, 1.165) is 6.07 Å². The summed E-state index contributed by atoms with van der Waals surface area (Å²) in [6, 6.07) is 5.95. The van der Waals surface area contributed by atoms with Crippen molar-refractivity contribution >= 4 is 29.0 Å². The van der Waals surface area contributed by atoms with Crippen LogP contribution >= 0.6 is 11.6 Å². The lowest BCUT2D eigenvalue weighted by molar-refractivity contribution is 0.102. The van der Waals surface area contributed by atoms with Crippen LogP contribution in [0.1, 0.15) is 10.5 Å². The number of anilines is 2. The normalized spacial score (nSPS) is 10.3. The van der Waals surface area contributed by atoms with Crippen molar-refractivity contribution in [3.8, 4) is 0 Å². The second-order valence-corrected chi connectivity index (χ2v) is 4.05. The maximum absolute atomic E-state index is 13.5. The molecular weight excluding hydrogens is 276 g/mol. The van der Waals surface area contributed by atoms with E-state index in [2.05, 4.69) is 10.3 Å². The van der Waals surface area contributed by atoms with Crippen molar-refractivity contribution in [2.75, 3.05) is 11.1 Å². The molecule has 0 saturated carbocycles. The first-order chi connectivity index (χ1) is 8.97. The highest BCUT2D eigenvalue weighted by Gasteiger charge is 2.15. The van der Waals surface area contributed by atoms with Gasteiger partial charge in [-0.3, -0.25) is 4.79 Å². The van der Waals surface area contributed by atoms with Crippen LogP contribution < -0.4 is 11.1 Å². The number of benzene rings is 1. The van der Waals surface area contributed by atoms with Gasteiger partial charge in [-0.15, -0.1) is 0 Å². The van der Waals surface area contributed by atoms with Crippen molar-refractivity contribution in [3.63, 3.8) is 0 Å². The molecular formula is C12H8ClF2N3O. The highest BCUT2D eigenvalue weighted by atomic mass is 35.5. The molecule has 0 aliphatic rings. The molecule has 19 heavy (non-hydrogen) atoms. The van der Waals surface area contributed by atoms with Crippen LogP contribution in [0.15, 0.2) is 30.3 Å². The smallest absolute Gasteiger partial charge is 0.274 e. The largest absolute Gasteiger partial charge is 0.384 e. The number of halogens is 3. The molecule has 0 atom stereocenters. The molecule has 0 unspecified atom stereocenters. The molecule has 0 radical (unpaired) electrons. The minimum atomic E-state index is -0.970. The van der Waals surface area contributed by atoms with Gasteiger partial charge in [-0.1, -0.05) is 17.7 Å². The number of hydrogen-bond acceptors (Lipinski definition) is 3. The molecule has 1 aromatic heterocycles. The predicted octanol–water partition coefficient (Wildman–Crippen LogP) is 2.85. The fourth-order valence-corrected chi connectivity index (χ4v) is 1.66. The van der Waals surface area contributed by atoms with E-state index in [1.54, 1.807) is 0 Å². The van der Waals surface area contributed by atoms with E-state index in [1.165, 1.54) is 18.2 Å². The summed E-state index contributed by atoms with van der Waals surface area (Å²) in [5.41, 5.74) is 5.12. The molecule has 1 amide bonds. The molecule has 3 N–H and O–H groups in total. The molecule has 0 spiro atoms. The number of hydrogen-bond donors (Lipinski definition) is 2. The molecule has 1 aromatic carbocycles. The van der Waals surface area contributed by atoms with Crippen molar-refractivity contribution in [1.82, 2.24) is 4.98 Å². The molecule has 0 bridgehead atoms. The number of aromatic nitrogens is 1. The quantitative estimate of drug-likeness (QED) is 0.890. The summed E-state index contributed by atoms with van der Waals surface area (Å²) in [6.45, 7) is 0. The van der Waals surface area contributed by atoms with E-state index in [9.17, 15) is 13.6 Å². The number of pyridine rings is 1. The Bertz CT molecular complexity index is 626. The van der Waals surface area contributed by atoms with Gasteiger partial charge in [0, 0.05) is 6.07 Å². The Morgan fingerprint density at radius 2 is 2.05 bits per heavy atom. The Morgan fingerprint density at radius 3 is 2.68 bits per heavy atom. The lowest BCUT2D eigenvalue weighted by Gasteiger charge is -2.08. The van der Waals surface area contributed by atoms with E-state index in [0.29, 0.717) is 6.07 Å². The molecule has 0 saturated heterocycles. The summed E-state index contributed by atoms with van der Waals surface area (Å²) in [5, 5.41) is 1.98. The number of nitrogens with two attached hydrogens (primary N) is 1. The van der Waals surface area contributed by atoms with Crippen molar-refractivity contribution in [2.45, 2.75) is 0 Å². The SMILES string of the molecule is Nc1cccc(C(=O)Nc2c(F)cc(F)cc2Cl)n1.